The van der Waals surface area contributed by atoms with Crippen LogP contribution in [0.3, 0.4) is 0 Å². The minimum Gasteiger partial charge on any atom is -0.386 e. The second-order valence-corrected chi connectivity index (χ2v) is 5.96. The molecule has 0 spiro atoms. The lowest BCUT2D eigenvalue weighted by atomic mass is 10.0. The molecule has 0 fully saturated rings. The van der Waals surface area contributed by atoms with Crippen LogP contribution in [0.25, 0.3) is 0 Å². The van der Waals surface area contributed by atoms with Gasteiger partial charge in [-0.1, -0.05) is 41.9 Å². The maximum absolute atomic E-state index is 12.0. The number of anilines is 1. The molecule has 0 saturated carbocycles. The van der Waals surface area contributed by atoms with Crippen LogP contribution in [0.15, 0.2) is 48.5 Å². The van der Waals surface area contributed by atoms with Gasteiger partial charge in [-0.3, -0.25) is 9.59 Å². The van der Waals surface area contributed by atoms with Crippen molar-refractivity contribution < 1.29 is 14.7 Å². The lowest BCUT2D eigenvalue weighted by Gasteiger charge is -2.20. The van der Waals surface area contributed by atoms with Crippen LogP contribution < -0.4 is 10.6 Å². The molecule has 2 amide bonds. The summed E-state index contributed by atoms with van der Waals surface area (Å²) in [5, 5.41) is 15.9. The zero-order chi connectivity index (χ0) is 17.7. The van der Waals surface area contributed by atoms with Gasteiger partial charge in [0.15, 0.2) is 0 Å². The molecular weight excluding hydrogens is 328 g/mol. The Morgan fingerprint density at radius 1 is 1.04 bits per heavy atom. The smallest absolute Gasteiger partial charge is 0.313 e. The van der Waals surface area contributed by atoms with Gasteiger partial charge < -0.3 is 15.7 Å². The van der Waals surface area contributed by atoms with E-state index in [4.69, 9.17) is 11.6 Å². The third-order valence-corrected chi connectivity index (χ3v) is 3.90. The third kappa shape index (κ3) is 4.57. The number of benzene rings is 2. The van der Waals surface area contributed by atoms with Crippen LogP contribution in [0.5, 0.6) is 0 Å². The fourth-order valence-electron chi connectivity index (χ4n) is 2.19. The monoisotopic (exact) mass is 346 g/mol. The maximum atomic E-state index is 12.0. The lowest BCUT2D eigenvalue weighted by molar-refractivity contribution is -0.137. The van der Waals surface area contributed by atoms with E-state index >= 15 is 0 Å². The first-order valence-electron chi connectivity index (χ1n) is 7.49. The largest absolute Gasteiger partial charge is 0.386 e. The van der Waals surface area contributed by atoms with E-state index in [1.807, 2.05) is 19.1 Å². The van der Waals surface area contributed by atoms with Crippen molar-refractivity contribution in [3.8, 4) is 0 Å². The van der Waals surface area contributed by atoms with E-state index in [2.05, 4.69) is 10.6 Å². The summed E-state index contributed by atoms with van der Waals surface area (Å²) < 4.78 is 0. The van der Waals surface area contributed by atoms with Crippen molar-refractivity contribution in [2.75, 3.05) is 5.32 Å². The van der Waals surface area contributed by atoms with E-state index in [1.54, 1.807) is 43.3 Å². The molecule has 24 heavy (non-hydrogen) atoms. The molecule has 0 radical (unpaired) electrons. The lowest BCUT2D eigenvalue weighted by Crippen LogP contribution is -2.43. The summed E-state index contributed by atoms with van der Waals surface area (Å²) in [5.74, 6) is -1.58. The molecule has 2 rings (SSSR count). The fraction of sp³-hybridized carbons (Fsp3) is 0.222. The Morgan fingerprint density at radius 3 is 2.29 bits per heavy atom. The summed E-state index contributed by atoms with van der Waals surface area (Å²) in [6.07, 6.45) is -0.947. The van der Waals surface area contributed by atoms with Crippen molar-refractivity contribution in [1.29, 1.82) is 0 Å². The zero-order valence-corrected chi connectivity index (χ0v) is 14.2. The minimum atomic E-state index is -0.947. The molecule has 5 nitrogen and oxygen atoms in total. The number of halogens is 1. The van der Waals surface area contributed by atoms with E-state index in [-0.39, 0.29) is 0 Å². The van der Waals surface area contributed by atoms with E-state index in [1.165, 1.54) is 0 Å². The number of aliphatic hydroxyl groups is 1. The van der Waals surface area contributed by atoms with Gasteiger partial charge in [0.25, 0.3) is 0 Å². The molecule has 0 bridgehead atoms. The molecule has 2 aromatic carbocycles. The van der Waals surface area contributed by atoms with Crippen molar-refractivity contribution in [1.82, 2.24) is 5.32 Å². The van der Waals surface area contributed by atoms with Crippen LogP contribution in [0.2, 0.25) is 5.02 Å². The van der Waals surface area contributed by atoms with Crippen molar-refractivity contribution in [2.45, 2.75) is 26.0 Å². The molecule has 0 saturated heterocycles. The van der Waals surface area contributed by atoms with E-state index < -0.39 is 24.0 Å². The van der Waals surface area contributed by atoms with Crippen molar-refractivity contribution in [2.24, 2.45) is 0 Å². The molecule has 3 N–H and O–H groups in total. The number of rotatable bonds is 4. The summed E-state index contributed by atoms with van der Waals surface area (Å²) in [4.78, 5) is 24.0. The first kappa shape index (κ1) is 18.0. The van der Waals surface area contributed by atoms with Crippen LogP contribution in [0.4, 0.5) is 5.69 Å². The van der Waals surface area contributed by atoms with Crippen LogP contribution >= 0.6 is 11.6 Å². The maximum Gasteiger partial charge on any atom is 0.313 e. The van der Waals surface area contributed by atoms with E-state index in [0.29, 0.717) is 16.3 Å². The SMILES string of the molecule is Cc1ccccc1NC(=O)C(=O)NC(C)C(O)c1ccc(Cl)cc1. The van der Waals surface area contributed by atoms with E-state index in [0.717, 1.165) is 5.56 Å². The predicted octanol–water partition coefficient (Wildman–Crippen LogP) is 2.83. The predicted molar refractivity (Wildman–Crippen MR) is 93.8 cm³/mol. The zero-order valence-electron chi connectivity index (χ0n) is 13.4. The molecule has 2 aromatic rings. The molecule has 6 heteroatoms. The molecule has 2 unspecified atom stereocenters. The van der Waals surface area contributed by atoms with Gasteiger partial charge in [0.05, 0.1) is 12.1 Å². The van der Waals surface area contributed by atoms with Crippen molar-refractivity contribution in [3.05, 3.63) is 64.7 Å². The summed E-state index contributed by atoms with van der Waals surface area (Å²) in [6, 6.07) is 13.2. The molecule has 0 aliphatic rings. The van der Waals surface area contributed by atoms with Crippen LogP contribution in [0.1, 0.15) is 24.2 Å². The minimum absolute atomic E-state index is 0.556. The number of nitrogens with one attached hydrogen (secondary N) is 2. The second kappa shape index (κ2) is 7.95. The number of aliphatic hydroxyl groups excluding tert-OH is 1. The number of carbonyl (C=O) groups excluding carboxylic acids is 2. The number of aryl methyl sites for hydroxylation is 1. The number of hydrogen-bond donors (Lipinski definition) is 3. The Labute approximate surface area is 145 Å². The fourth-order valence-corrected chi connectivity index (χ4v) is 2.32. The highest BCUT2D eigenvalue weighted by atomic mass is 35.5. The first-order chi connectivity index (χ1) is 11.4. The average Bonchev–Trinajstić information content (AvgIpc) is 2.56. The molecule has 0 aliphatic carbocycles. The highest BCUT2D eigenvalue weighted by Gasteiger charge is 2.22. The Hall–Kier alpha value is -2.37. The van der Waals surface area contributed by atoms with Gasteiger partial charge in [-0.15, -0.1) is 0 Å². The Bertz CT molecular complexity index is 731. The topological polar surface area (TPSA) is 78.4 Å². The van der Waals surface area contributed by atoms with Crippen molar-refractivity contribution >= 4 is 29.1 Å². The Kier molecular flexibility index (Phi) is 5.95. The summed E-state index contributed by atoms with van der Waals surface area (Å²) in [5.41, 5.74) is 2.03. The van der Waals surface area contributed by atoms with Gasteiger partial charge in [-0.25, -0.2) is 0 Å². The van der Waals surface area contributed by atoms with Crippen LogP contribution in [-0.2, 0) is 9.59 Å². The Balaban J connectivity index is 1.96. The number of para-hydroxylation sites is 1. The molecular formula is C18H19ClN2O3. The molecule has 2 atom stereocenters. The van der Waals surface area contributed by atoms with Crippen LogP contribution in [0, 0.1) is 6.92 Å². The molecule has 0 heterocycles. The summed E-state index contributed by atoms with van der Waals surface area (Å²) in [7, 11) is 0. The number of carbonyl (C=O) groups is 2. The number of hydrogen-bond acceptors (Lipinski definition) is 3. The van der Waals surface area contributed by atoms with Gasteiger partial charge in [0, 0.05) is 10.7 Å². The van der Waals surface area contributed by atoms with Gasteiger partial charge in [-0.2, -0.15) is 0 Å². The van der Waals surface area contributed by atoms with Gasteiger partial charge in [-0.05, 0) is 43.2 Å². The average molecular weight is 347 g/mol. The molecule has 0 aliphatic heterocycles. The third-order valence-electron chi connectivity index (χ3n) is 3.64. The quantitative estimate of drug-likeness (QED) is 0.745. The summed E-state index contributed by atoms with van der Waals surface area (Å²) >= 11 is 5.81. The first-order valence-corrected chi connectivity index (χ1v) is 7.87. The summed E-state index contributed by atoms with van der Waals surface area (Å²) in [6.45, 7) is 3.46. The van der Waals surface area contributed by atoms with Gasteiger partial charge in [0.1, 0.15) is 0 Å². The van der Waals surface area contributed by atoms with Crippen LogP contribution in [-0.4, -0.2) is 23.0 Å². The van der Waals surface area contributed by atoms with E-state index in [9.17, 15) is 14.7 Å². The number of amides is 2. The van der Waals surface area contributed by atoms with Crippen molar-refractivity contribution in [3.63, 3.8) is 0 Å². The Morgan fingerprint density at radius 2 is 1.67 bits per heavy atom. The normalized spacial score (nSPS) is 13.0. The second-order valence-electron chi connectivity index (χ2n) is 5.53. The van der Waals surface area contributed by atoms with Gasteiger partial charge in [0.2, 0.25) is 0 Å². The van der Waals surface area contributed by atoms with Gasteiger partial charge >= 0.3 is 11.8 Å². The molecule has 0 aromatic heterocycles. The highest BCUT2D eigenvalue weighted by Crippen LogP contribution is 2.19. The highest BCUT2D eigenvalue weighted by molar-refractivity contribution is 6.39. The standard InChI is InChI=1S/C18H19ClN2O3/c1-11-5-3-4-6-15(11)21-18(24)17(23)20-12(2)16(22)13-7-9-14(19)10-8-13/h3-10,12,16,22H,1-2H3,(H,20,23)(H,21,24). The molecule has 126 valence electrons.